The zero-order valence-electron chi connectivity index (χ0n) is 18.1. The van der Waals surface area contributed by atoms with Crippen LogP contribution in [-0.4, -0.2) is 67.5 Å². The number of halogens is 1. The monoisotopic (exact) mass is 482 g/mol. The van der Waals surface area contributed by atoms with E-state index >= 15 is 0 Å². The maximum Gasteiger partial charge on any atom is 0.296 e. The highest BCUT2D eigenvalue weighted by atomic mass is 35.5. The second kappa shape index (κ2) is 8.88. The molecule has 4 aromatic rings. The van der Waals surface area contributed by atoms with E-state index in [1.165, 1.54) is 5.56 Å². The Hall–Kier alpha value is -3.18. The van der Waals surface area contributed by atoms with Crippen molar-refractivity contribution in [2.24, 2.45) is 0 Å². The molecule has 6 rings (SSSR count). The number of aliphatic hydroxyl groups excluding tert-OH is 1. The number of fused-ring (bicyclic) bond motifs is 2. The Bertz CT molecular complexity index is 1300. The topological polar surface area (TPSA) is 119 Å². The van der Waals surface area contributed by atoms with Crippen LogP contribution in [0.4, 0.5) is 5.82 Å². The number of aliphatic hydroxyl groups is 1. The lowest BCUT2D eigenvalue weighted by molar-refractivity contribution is 0.00706. The third kappa shape index (κ3) is 4.21. The molecule has 4 atom stereocenters. The summed E-state index contributed by atoms with van der Waals surface area (Å²) in [6, 6.07) is 14.2. The van der Waals surface area contributed by atoms with Gasteiger partial charge in [-0.05, 0) is 17.7 Å². The van der Waals surface area contributed by atoms with Gasteiger partial charge in [-0.1, -0.05) is 41.9 Å². The number of benzene rings is 1. The fourth-order valence-electron chi connectivity index (χ4n) is 4.29. The minimum absolute atomic E-state index is 0.242. The van der Waals surface area contributed by atoms with Gasteiger partial charge in [0.05, 0.1) is 42.5 Å². The molecule has 0 saturated carbocycles. The van der Waals surface area contributed by atoms with E-state index in [4.69, 9.17) is 25.8 Å². The van der Waals surface area contributed by atoms with E-state index < -0.39 is 6.10 Å². The summed E-state index contributed by atoms with van der Waals surface area (Å²) >= 11 is 6.44. The predicted molar refractivity (Wildman–Crippen MR) is 124 cm³/mol. The van der Waals surface area contributed by atoms with Gasteiger partial charge in [-0.25, -0.2) is 4.98 Å². The zero-order valence-corrected chi connectivity index (χ0v) is 18.9. The Labute approximate surface area is 199 Å². The first kappa shape index (κ1) is 21.4. The quantitative estimate of drug-likeness (QED) is 0.367. The minimum atomic E-state index is -0.631. The molecule has 2 saturated heterocycles. The van der Waals surface area contributed by atoms with Crippen molar-refractivity contribution in [1.29, 1.82) is 0 Å². The average Bonchev–Trinajstić information content (AvgIpc) is 3.60. The number of aromatic nitrogens is 5. The number of pyridine rings is 1. The van der Waals surface area contributed by atoms with Crippen LogP contribution < -0.4 is 10.1 Å². The van der Waals surface area contributed by atoms with Crippen molar-refractivity contribution in [3.8, 4) is 6.01 Å². The van der Waals surface area contributed by atoms with Crippen molar-refractivity contribution in [2.45, 2.75) is 37.5 Å². The molecule has 2 aliphatic rings. The van der Waals surface area contributed by atoms with E-state index in [0.717, 1.165) is 5.69 Å². The lowest BCUT2D eigenvalue weighted by atomic mass is 10.1. The van der Waals surface area contributed by atoms with Gasteiger partial charge in [0.15, 0.2) is 11.8 Å². The molecule has 0 radical (unpaired) electrons. The van der Waals surface area contributed by atoms with Crippen LogP contribution >= 0.6 is 11.6 Å². The first-order valence-corrected chi connectivity index (χ1v) is 11.4. The first-order valence-electron chi connectivity index (χ1n) is 11.1. The van der Waals surface area contributed by atoms with Crippen LogP contribution in [0.15, 0.2) is 48.7 Å². The van der Waals surface area contributed by atoms with E-state index in [1.54, 1.807) is 6.07 Å². The van der Waals surface area contributed by atoms with Gasteiger partial charge in [-0.2, -0.15) is 10.1 Å². The molecular formula is C23H23ClN6O4. The van der Waals surface area contributed by atoms with Gasteiger partial charge >= 0.3 is 0 Å². The van der Waals surface area contributed by atoms with Gasteiger partial charge in [0.1, 0.15) is 24.1 Å². The molecule has 11 heteroatoms. The smallest absolute Gasteiger partial charge is 0.296 e. The second-order valence-electron chi connectivity index (χ2n) is 8.40. The third-order valence-corrected chi connectivity index (χ3v) is 6.26. The molecule has 0 unspecified atom stereocenters. The Balaban J connectivity index is 1.12. The fourth-order valence-corrected chi connectivity index (χ4v) is 4.51. The number of H-pyrrole nitrogens is 1. The Kier molecular flexibility index (Phi) is 5.58. The summed E-state index contributed by atoms with van der Waals surface area (Å²) in [6.45, 7) is 1.74. The molecule has 0 amide bonds. The average molecular weight is 483 g/mol. The molecule has 2 fully saturated rings. The highest BCUT2D eigenvalue weighted by Crippen LogP contribution is 2.30. The van der Waals surface area contributed by atoms with Crippen LogP contribution in [0, 0.1) is 0 Å². The number of nitrogens with zero attached hydrogens (tertiary/aromatic N) is 4. The Morgan fingerprint density at radius 1 is 1.15 bits per heavy atom. The summed E-state index contributed by atoms with van der Waals surface area (Å²) in [5, 5.41) is 18.2. The summed E-state index contributed by atoms with van der Waals surface area (Å²) in [5.74, 6) is 0.510. The normalized spacial score (nSPS) is 23.9. The van der Waals surface area contributed by atoms with Crippen molar-refractivity contribution >= 4 is 28.6 Å². The molecule has 3 N–H and O–H groups in total. The molecule has 0 spiro atoms. The molecule has 3 aromatic heterocycles. The number of ether oxygens (including phenoxy) is 3. The number of hydrogen-bond acceptors (Lipinski definition) is 8. The van der Waals surface area contributed by atoms with Gasteiger partial charge in [0, 0.05) is 6.20 Å². The summed E-state index contributed by atoms with van der Waals surface area (Å²) in [5.41, 5.74) is 3.18. The van der Waals surface area contributed by atoms with E-state index in [-0.39, 0.29) is 24.9 Å². The fraction of sp³-hybridized carbons (Fsp3) is 0.348. The Morgan fingerprint density at radius 3 is 2.88 bits per heavy atom. The van der Waals surface area contributed by atoms with E-state index in [2.05, 4.69) is 37.5 Å². The SMILES string of the molecule is O[C@@H]1CO[C@H]2[C@@H]1OC[C@H]2Oc1nc2nc(NCc3ccn(Cc4ccccc4)n3)c(Cl)cc2[nH]1. The van der Waals surface area contributed by atoms with Crippen LogP contribution in [0.1, 0.15) is 11.3 Å². The van der Waals surface area contributed by atoms with Gasteiger partial charge in [0.2, 0.25) is 0 Å². The van der Waals surface area contributed by atoms with Crippen LogP contribution in [0.5, 0.6) is 6.01 Å². The second-order valence-corrected chi connectivity index (χ2v) is 8.80. The number of rotatable bonds is 7. The number of imidazole rings is 1. The maximum absolute atomic E-state index is 9.89. The summed E-state index contributed by atoms with van der Waals surface area (Å²) < 4.78 is 19.0. The molecule has 34 heavy (non-hydrogen) atoms. The van der Waals surface area contributed by atoms with E-state index in [0.29, 0.717) is 47.7 Å². The molecule has 176 valence electrons. The van der Waals surface area contributed by atoms with Crippen molar-refractivity contribution in [1.82, 2.24) is 24.7 Å². The Morgan fingerprint density at radius 2 is 2.00 bits per heavy atom. The lowest BCUT2D eigenvalue weighted by Gasteiger charge is -2.15. The zero-order chi connectivity index (χ0) is 23.1. The molecule has 5 heterocycles. The highest BCUT2D eigenvalue weighted by Gasteiger charge is 2.48. The third-order valence-electron chi connectivity index (χ3n) is 5.97. The lowest BCUT2D eigenvalue weighted by Crippen LogP contribution is -2.34. The molecule has 10 nitrogen and oxygen atoms in total. The highest BCUT2D eigenvalue weighted by molar-refractivity contribution is 6.33. The van der Waals surface area contributed by atoms with Gasteiger partial charge in [-0.15, -0.1) is 0 Å². The van der Waals surface area contributed by atoms with Crippen molar-refractivity contribution < 1.29 is 19.3 Å². The van der Waals surface area contributed by atoms with Gasteiger partial charge in [0.25, 0.3) is 6.01 Å². The molecule has 1 aromatic carbocycles. The minimum Gasteiger partial charge on any atom is -0.456 e. The van der Waals surface area contributed by atoms with Crippen molar-refractivity contribution in [3.05, 3.63) is 64.9 Å². The van der Waals surface area contributed by atoms with E-state index in [1.807, 2.05) is 35.1 Å². The first-order chi connectivity index (χ1) is 16.6. The maximum atomic E-state index is 9.89. The van der Waals surface area contributed by atoms with Gasteiger partial charge < -0.3 is 29.6 Å². The molecule has 2 aliphatic heterocycles. The number of aromatic amines is 1. The van der Waals surface area contributed by atoms with Gasteiger partial charge in [-0.3, -0.25) is 4.68 Å². The van der Waals surface area contributed by atoms with Crippen LogP contribution in [0.2, 0.25) is 5.02 Å². The van der Waals surface area contributed by atoms with Crippen molar-refractivity contribution in [3.63, 3.8) is 0 Å². The largest absolute Gasteiger partial charge is 0.456 e. The molecule has 0 aliphatic carbocycles. The van der Waals surface area contributed by atoms with Crippen LogP contribution in [0.25, 0.3) is 11.2 Å². The van der Waals surface area contributed by atoms with E-state index in [9.17, 15) is 5.11 Å². The number of anilines is 1. The van der Waals surface area contributed by atoms with Crippen LogP contribution in [-0.2, 0) is 22.6 Å². The van der Waals surface area contributed by atoms with Crippen molar-refractivity contribution in [2.75, 3.05) is 18.5 Å². The van der Waals surface area contributed by atoms with Crippen LogP contribution in [0.3, 0.4) is 0 Å². The number of nitrogens with one attached hydrogen (secondary N) is 2. The molecular weight excluding hydrogens is 460 g/mol. The number of hydrogen-bond donors (Lipinski definition) is 3. The summed E-state index contributed by atoms with van der Waals surface area (Å²) in [4.78, 5) is 12.1. The standard InChI is InChI=1S/C23H23ClN6O4/c24-15-8-16-22(28-23(26-16)34-18-12-33-19-17(31)11-32-20(18)19)27-21(15)25-9-14-6-7-30(29-14)10-13-4-2-1-3-5-13/h1-8,17-20,31H,9-12H2,(H2,25,26,27,28)/t17-,18-,19-,20-/m1/s1. The summed E-state index contributed by atoms with van der Waals surface area (Å²) in [6.07, 6.45) is 0.270. The summed E-state index contributed by atoms with van der Waals surface area (Å²) in [7, 11) is 0. The molecule has 0 bridgehead atoms. The predicted octanol–water partition coefficient (Wildman–Crippen LogP) is 2.37.